The number of ether oxygens (including phenoxy) is 1. The van der Waals surface area contributed by atoms with Crippen LogP contribution in [-0.2, 0) is 14.8 Å². The van der Waals surface area contributed by atoms with Crippen LogP contribution in [0.5, 0.6) is 5.75 Å². The zero-order valence-electron chi connectivity index (χ0n) is 18.5. The second-order valence-corrected chi connectivity index (χ2v) is 12.4. The summed E-state index contributed by atoms with van der Waals surface area (Å²) in [4.78, 5) is 12.9. The standard InChI is InChI=1S/C24H24ClNO6S2/c1-23(2,29)14-32-18-5-3-4-16(12-18)19-13-24(19,22(27)28)26-34(30,31)21-11-10-20(33-21)15-6-8-17(25)9-7-15/h3-12,19,26,29H,13-14H2,1-2H3,(H,27,28). The summed E-state index contributed by atoms with van der Waals surface area (Å²) < 4.78 is 34.3. The van der Waals surface area contributed by atoms with E-state index in [1.807, 2.05) is 0 Å². The summed E-state index contributed by atoms with van der Waals surface area (Å²) in [7, 11) is -4.08. The molecule has 2 atom stereocenters. The van der Waals surface area contributed by atoms with E-state index >= 15 is 0 Å². The van der Waals surface area contributed by atoms with Gasteiger partial charge in [-0.25, -0.2) is 8.42 Å². The molecule has 2 aromatic carbocycles. The Morgan fingerprint density at radius 3 is 2.56 bits per heavy atom. The predicted molar refractivity (Wildman–Crippen MR) is 131 cm³/mol. The van der Waals surface area contributed by atoms with E-state index in [1.165, 1.54) is 6.07 Å². The van der Waals surface area contributed by atoms with Gasteiger partial charge in [-0.3, -0.25) is 4.79 Å². The van der Waals surface area contributed by atoms with Crippen LogP contribution >= 0.6 is 22.9 Å². The van der Waals surface area contributed by atoms with Crippen LogP contribution in [-0.4, -0.2) is 42.3 Å². The first-order valence-corrected chi connectivity index (χ1v) is 13.2. The maximum atomic E-state index is 13.1. The largest absolute Gasteiger partial charge is 0.491 e. The molecule has 0 saturated heterocycles. The Kier molecular flexibility index (Phi) is 6.52. The third-order valence-electron chi connectivity index (χ3n) is 5.49. The van der Waals surface area contributed by atoms with Crippen molar-refractivity contribution in [2.75, 3.05) is 6.61 Å². The molecule has 0 radical (unpaired) electrons. The lowest BCUT2D eigenvalue weighted by Gasteiger charge is -2.18. The second kappa shape index (κ2) is 8.98. The fourth-order valence-corrected chi connectivity index (χ4v) is 6.51. The van der Waals surface area contributed by atoms with Crippen LogP contribution in [0.2, 0.25) is 5.02 Å². The highest BCUT2D eigenvalue weighted by atomic mass is 35.5. The predicted octanol–water partition coefficient (Wildman–Crippen LogP) is 4.51. The van der Waals surface area contributed by atoms with Crippen LogP contribution in [0.3, 0.4) is 0 Å². The van der Waals surface area contributed by atoms with Gasteiger partial charge < -0.3 is 14.9 Å². The Balaban J connectivity index is 1.54. The minimum absolute atomic E-state index is 0.0333. The zero-order chi connectivity index (χ0) is 24.7. The summed E-state index contributed by atoms with van der Waals surface area (Å²) in [6, 6.07) is 17.0. The molecule has 1 aromatic heterocycles. The molecule has 4 rings (SSSR count). The van der Waals surface area contributed by atoms with Gasteiger partial charge in [0.15, 0.2) is 0 Å². The molecule has 0 bridgehead atoms. The number of aliphatic hydroxyl groups is 1. The van der Waals surface area contributed by atoms with Crippen molar-refractivity contribution in [3.8, 4) is 16.2 Å². The number of halogens is 1. The molecular weight excluding hydrogens is 498 g/mol. The molecule has 1 heterocycles. The van der Waals surface area contributed by atoms with E-state index in [0.717, 1.165) is 21.8 Å². The SMILES string of the molecule is CC(C)(O)COc1cccc(C2CC2(NS(=O)(=O)c2ccc(-c3ccc(Cl)cc3)s2)C(=O)O)c1. The summed E-state index contributed by atoms with van der Waals surface area (Å²) in [5, 5.41) is 20.4. The fraction of sp³-hybridized carbons (Fsp3) is 0.292. The molecule has 3 N–H and O–H groups in total. The molecule has 1 saturated carbocycles. The first-order valence-electron chi connectivity index (χ1n) is 10.5. The molecule has 1 fully saturated rings. The Morgan fingerprint density at radius 2 is 1.91 bits per heavy atom. The molecule has 0 aliphatic heterocycles. The number of nitrogens with one attached hydrogen (secondary N) is 1. The van der Waals surface area contributed by atoms with E-state index in [-0.39, 0.29) is 17.2 Å². The van der Waals surface area contributed by atoms with Gasteiger partial charge in [-0.15, -0.1) is 11.3 Å². The molecule has 7 nitrogen and oxygen atoms in total. The first kappa shape index (κ1) is 24.7. The Morgan fingerprint density at radius 1 is 1.21 bits per heavy atom. The van der Waals surface area contributed by atoms with Crippen LogP contribution < -0.4 is 9.46 Å². The fourth-order valence-electron chi connectivity index (χ4n) is 3.66. The third kappa shape index (κ3) is 5.29. The topological polar surface area (TPSA) is 113 Å². The van der Waals surface area contributed by atoms with Crippen LogP contribution in [0.15, 0.2) is 64.9 Å². The van der Waals surface area contributed by atoms with E-state index < -0.39 is 33.1 Å². The van der Waals surface area contributed by atoms with Crippen molar-refractivity contribution >= 4 is 38.9 Å². The molecular formula is C24H24ClNO6S2. The van der Waals surface area contributed by atoms with Gasteiger partial charge in [-0.2, -0.15) is 4.72 Å². The highest BCUT2D eigenvalue weighted by Gasteiger charge is 2.63. The number of thiophene rings is 1. The third-order valence-corrected chi connectivity index (χ3v) is 8.87. The number of rotatable bonds is 9. The van der Waals surface area contributed by atoms with Crippen molar-refractivity contribution in [3.63, 3.8) is 0 Å². The van der Waals surface area contributed by atoms with E-state index in [4.69, 9.17) is 16.3 Å². The summed E-state index contributed by atoms with van der Waals surface area (Å²) in [6.45, 7) is 3.29. The quantitative estimate of drug-likeness (QED) is 0.382. The minimum Gasteiger partial charge on any atom is -0.491 e. The minimum atomic E-state index is -4.08. The number of carboxylic acid groups (broad SMARTS) is 1. The lowest BCUT2D eigenvalue weighted by atomic mass is 10.1. The van der Waals surface area contributed by atoms with Crippen molar-refractivity contribution in [1.82, 2.24) is 4.72 Å². The van der Waals surface area contributed by atoms with Gasteiger partial charge in [0, 0.05) is 15.8 Å². The number of sulfonamides is 1. The molecule has 0 amide bonds. The van der Waals surface area contributed by atoms with Crippen molar-refractivity contribution in [2.24, 2.45) is 0 Å². The highest BCUT2D eigenvalue weighted by Crippen LogP contribution is 2.53. The summed E-state index contributed by atoms with van der Waals surface area (Å²) in [6.07, 6.45) is 0.117. The van der Waals surface area contributed by atoms with Gasteiger partial charge in [-0.05, 0) is 67.8 Å². The van der Waals surface area contributed by atoms with Gasteiger partial charge >= 0.3 is 5.97 Å². The number of carbonyl (C=O) groups is 1. The summed E-state index contributed by atoms with van der Waals surface area (Å²) in [5.41, 5.74) is -1.21. The molecule has 1 aliphatic carbocycles. The number of carboxylic acids is 1. The monoisotopic (exact) mass is 521 g/mol. The van der Waals surface area contributed by atoms with E-state index in [1.54, 1.807) is 68.4 Å². The smallest absolute Gasteiger partial charge is 0.325 e. The maximum Gasteiger partial charge on any atom is 0.325 e. The van der Waals surface area contributed by atoms with Crippen molar-refractivity contribution in [3.05, 3.63) is 71.2 Å². The molecule has 1 aliphatic rings. The van der Waals surface area contributed by atoms with Gasteiger partial charge in [0.05, 0.1) is 5.60 Å². The molecule has 180 valence electrons. The van der Waals surface area contributed by atoms with Crippen LogP contribution in [0, 0.1) is 0 Å². The molecule has 3 aromatic rings. The van der Waals surface area contributed by atoms with Crippen LogP contribution in [0.25, 0.3) is 10.4 Å². The zero-order valence-corrected chi connectivity index (χ0v) is 20.9. The lowest BCUT2D eigenvalue weighted by molar-refractivity contribution is -0.140. The number of hydrogen-bond donors (Lipinski definition) is 3. The Hall–Kier alpha value is -2.43. The molecule has 2 unspecified atom stereocenters. The molecule has 34 heavy (non-hydrogen) atoms. The Bertz CT molecular complexity index is 1310. The van der Waals surface area contributed by atoms with Gasteiger partial charge in [0.25, 0.3) is 10.0 Å². The summed E-state index contributed by atoms with van der Waals surface area (Å²) >= 11 is 6.98. The number of aliphatic carboxylic acids is 1. The average Bonchev–Trinajstić information content (AvgIpc) is 3.25. The Labute approximate surface area is 207 Å². The van der Waals surface area contributed by atoms with Crippen molar-refractivity contribution in [2.45, 2.75) is 41.5 Å². The maximum absolute atomic E-state index is 13.1. The van der Waals surface area contributed by atoms with Crippen molar-refractivity contribution < 1.29 is 28.2 Å². The van der Waals surface area contributed by atoms with Gasteiger partial charge in [0.1, 0.15) is 22.1 Å². The van der Waals surface area contributed by atoms with E-state index in [0.29, 0.717) is 16.3 Å². The van der Waals surface area contributed by atoms with Gasteiger partial charge in [0.2, 0.25) is 0 Å². The molecule has 10 heteroatoms. The highest BCUT2D eigenvalue weighted by molar-refractivity contribution is 7.91. The molecule has 0 spiro atoms. The van der Waals surface area contributed by atoms with E-state index in [9.17, 15) is 23.4 Å². The summed E-state index contributed by atoms with van der Waals surface area (Å²) in [5.74, 6) is -1.32. The second-order valence-electron chi connectivity index (χ2n) is 8.94. The van der Waals surface area contributed by atoms with Gasteiger partial charge in [-0.1, -0.05) is 35.9 Å². The lowest BCUT2D eigenvalue weighted by Crippen LogP contribution is -2.44. The normalized spacial score (nSPS) is 20.2. The van der Waals surface area contributed by atoms with Crippen LogP contribution in [0.1, 0.15) is 31.7 Å². The number of benzene rings is 2. The van der Waals surface area contributed by atoms with Crippen LogP contribution in [0.4, 0.5) is 0 Å². The van der Waals surface area contributed by atoms with Crippen molar-refractivity contribution in [1.29, 1.82) is 0 Å². The first-order chi connectivity index (χ1) is 15.9. The van der Waals surface area contributed by atoms with E-state index in [2.05, 4.69) is 4.72 Å². The average molecular weight is 522 g/mol. The number of hydrogen-bond acceptors (Lipinski definition) is 6.